The summed E-state index contributed by atoms with van der Waals surface area (Å²) < 4.78 is 28.7. The number of hydrogen-bond donors (Lipinski definition) is 0. The first-order chi connectivity index (χ1) is 13.0. The van der Waals surface area contributed by atoms with Crippen molar-refractivity contribution >= 4 is 21.7 Å². The number of carbonyl (C=O) groups excluding carboxylic acids is 2. The molecule has 0 N–H and O–H groups in total. The van der Waals surface area contributed by atoms with Crippen LogP contribution in [0.4, 0.5) is 0 Å². The van der Waals surface area contributed by atoms with E-state index in [2.05, 4.69) is 20.8 Å². The minimum Gasteiger partial charge on any atom is -0.452 e. The molecule has 6 nitrogen and oxygen atoms in total. The van der Waals surface area contributed by atoms with Crippen molar-refractivity contribution in [3.05, 3.63) is 35.4 Å². The maximum Gasteiger partial charge on any atom is 0.338 e. The molecule has 1 atom stereocenters. The van der Waals surface area contributed by atoms with Crippen LogP contribution in [-0.2, 0) is 24.8 Å². The molecular formula is C21H31NO5S. The number of ether oxygens (including phenoxy) is 1. The van der Waals surface area contributed by atoms with E-state index in [1.807, 2.05) is 19.1 Å². The minimum absolute atomic E-state index is 0.00926. The van der Waals surface area contributed by atoms with E-state index in [4.69, 9.17) is 4.74 Å². The lowest BCUT2D eigenvalue weighted by molar-refractivity contribution is -0.136. The van der Waals surface area contributed by atoms with Crippen LogP contribution in [0.3, 0.4) is 0 Å². The fourth-order valence-electron chi connectivity index (χ4n) is 3.26. The van der Waals surface area contributed by atoms with E-state index in [-0.39, 0.29) is 35.5 Å². The summed E-state index contributed by atoms with van der Waals surface area (Å²) in [6.45, 7) is 8.39. The van der Waals surface area contributed by atoms with Gasteiger partial charge in [0.2, 0.25) is 0 Å². The number of amides is 1. The first-order valence-electron chi connectivity index (χ1n) is 9.81. The van der Waals surface area contributed by atoms with Gasteiger partial charge in [-0.15, -0.1) is 0 Å². The molecule has 7 heteroatoms. The molecule has 0 bridgehead atoms. The van der Waals surface area contributed by atoms with E-state index < -0.39 is 15.8 Å². The van der Waals surface area contributed by atoms with E-state index in [0.717, 1.165) is 18.4 Å². The van der Waals surface area contributed by atoms with Gasteiger partial charge < -0.3 is 9.64 Å². The van der Waals surface area contributed by atoms with E-state index in [1.165, 1.54) is 0 Å². The third-order valence-corrected chi connectivity index (χ3v) is 6.79. The van der Waals surface area contributed by atoms with Gasteiger partial charge in [0.05, 0.1) is 17.1 Å². The lowest BCUT2D eigenvalue weighted by Gasteiger charge is -2.28. The monoisotopic (exact) mass is 409 g/mol. The van der Waals surface area contributed by atoms with Gasteiger partial charge in [-0.05, 0) is 36.0 Å². The summed E-state index contributed by atoms with van der Waals surface area (Å²) in [6.07, 6.45) is 2.12. The summed E-state index contributed by atoms with van der Waals surface area (Å²) in [4.78, 5) is 26.5. The van der Waals surface area contributed by atoms with Crippen LogP contribution in [0.2, 0.25) is 0 Å². The molecule has 0 radical (unpaired) electrons. The standard InChI is InChI=1S/C21H31NO5S/c1-5-6-12-22(18-11-13-28(25,26)15-18)19(23)14-27-20(24)16-7-9-17(10-8-16)21(2,3)4/h7-10,18H,5-6,11-15H2,1-4H3. The Morgan fingerprint density at radius 3 is 2.32 bits per heavy atom. The van der Waals surface area contributed by atoms with Crippen LogP contribution in [0.25, 0.3) is 0 Å². The van der Waals surface area contributed by atoms with Crippen LogP contribution < -0.4 is 0 Å². The second-order valence-corrected chi connectivity index (χ2v) is 10.6. The molecule has 1 aromatic rings. The van der Waals surface area contributed by atoms with Gasteiger partial charge in [-0.3, -0.25) is 4.79 Å². The van der Waals surface area contributed by atoms with Crippen molar-refractivity contribution in [2.45, 2.75) is 58.4 Å². The summed E-state index contributed by atoms with van der Waals surface area (Å²) in [5.74, 6) is -0.795. The maximum atomic E-state index is 12.6. The zero-order chi connectivity index (χ0) is 20.9. The predicted octanol–water partition coefficient (Wildman–Crippen LogP) is 2.96. The summed E-state index contributed by atoms with van der Waals surface area (Å²) in [5, 5.41) is 0. The number of unbranched alkanes of at least 4 members (excludes halogenated alkanes) is 1. The Hall–Kier alpha value is -1.89. The largest absolute Gasteiger partial charge is 0.452 e. The number of sulfone groups is 1. The fraction of sp³-hybridized carbons (Fsp3) is 0.619. The highest BCUT2D eigenvalue weighted by molar-refractivity contribution is 7.91. The molecule has 0 aromatic heterocycles. The van der Waals surface area contributed by atoms with Gasteiger partial charge in [0.1, 0.15) is 0 Å². The van der Waals surface area contributed by atoms with Gasteiger partial charge in [0.25, 0.3) is 5.91 Å². The highest BCUT2D eigenvalue weighted by atomic mass is 32.2. The predicted molar refractivity (Wildman–Crippen MR) is 109 cm³/mol. The molecule has 28 heavy (non-hydrogen) atoms. The Labute approximate surface area is 168 Å². The van der Waals surface area contributed by atoms with Gasteiger partial charge >= 0.3 is 5.97 Å². The number of rotatable bonds is 7. The molecule has 1 saturated heterocycles. The Bertz CT molecular complexity index is 793. The Kier molecular flexibility index (Phi) is 7.26. The van der Waals surface area contributed by atoms with Gasteiger partial charge in [0.15, 0.2) is 16.4 Å². The number of esters is 1. The molecule has 156 valence electrons. The Morgan fingerprint density at radius 1 is 1.18 bits per heavy atom. The first-order valence-corrected chi connectivity index (χ1v) is 11.6. The van der Waals surface area contributed by atoms with Gasteiger partial charge in [-0.1, -0.05) is 46.2 Å². The Morgan fingerprint density at radius 2 is 1.82 bits per heavy atom. The average molecular weight is 410 g/mol. The molecule has 1 amide bonds. The normalized spacial score (nSPS) is 18.6. The number of nitrogens with zero attached hydrogens (tertiary/aromatic N) is 1. The lowest BCUT2D eigenvalue weighted by atomic mass is 9.87. The molecule has 1 heterocycles. The van der Waals surface area contributed by atoms with Crippen molar-refractivity contribution in [3.8, 4) is 0 Å². The molecule has 0 aliphatic carbocycles. The summed E-state index contributed by atoms with van der Waals surface area (Å²) in [5.41, 5.74) is 1.48. The zero-order valence-corrected chi connectivity index (χ0v) is 18.0. The smallest absolute Gasteiger partial charge is 0.338 e. The zero-order valence-electron chi connectivity index (χ0n) is 17.2. The van der Waals surface area contributed by atoms with E-state index in [1.54, 1.807) is 17.0 Å². The van der Waals surface area contributed by atoms with Crippen LogP contribution in [0.5, 0.6) is 0 Å². The third kappa shape index (κ3) is 6.06. The minimum atomic E-state index is -3.09. The van der Waals surface area contributed by atoms with Crippen LogP contribution in [0.15, 0.2) is 24.3 Å². The fourth-order valence-corrected chi connectivity index (χ4v) is 4.99. The molecular weight excluding hydrogens is 378 g/mol. The van der Waals surface area contributed by atoms with E-state index in [0.29, 0.717) is 18.5 Å². The molecule has 0 spiro atoms. The SMILES string of the molecule is CCCCN(C(=O)COC(=O)c1ccc(C(C)(C)C)cc1)C1CCS(=O)(=O)C1. The third-order valence-electron chi connectivity index (χ3n) is 5.04. The van der Waals surface area contributed by atoms with Gasteiger partial charge in [-0.2, -0.15) is 0 Å². The van der Waals surface area contributed by atoms with Crippen molar-refractivity contribution < 1.29 is 22.7 Å². The van der Waals surface area contributed by atoms with E-state index in [9.17, 15) is 18.0 Å². The number of carbonyl (C=O) groups is 2. The second kappa shape index (κ2) is 9.07. The molecule has 1 aliphatic heterocycles. The molecule has 2 rings (SSSR count). The average Bonchev–Trinajstić information content (AvgIpc) is 2.99. The van der Waals surface area contributed by atoms with Crippen molar-refractivity contribution in [3.63, 3.8) is 0 Å². The maximum absolute atomic E-state index is 12.6. The lowest BCUT2D eigenvalue weighted by Crippen LogP contribution is -2.43. The van der Waals surface area contributed by atoms with Crippen LogP contribution in [0.1, 0.15) is 62.9 Å². The van der Waals surface area contributed by atoms with Crippen molar-refractivity contribution in [1.29, 1.82) is 0 Å². The van der Waals surface area contributed by atoms with Crippen LogP contribution in [0, 0.1) is 0 Å². The second-order valence-electron chi connectivity index (χ2n) is 8.40. The quantitative estimate of drug-likeness (QED) is 0.647. The van der Waals surface area contributed by atoms with Crippen molar-refractivity contribution in [1.82, 2.24) is 4.90 Å². The van der Waals surface area contributed by atoms with Gasteiger partial charge in [-0.25, -0.2) is 13.2 Å². The topological polar surface area (TPSA) is 80.8 Å². The molecule has 0 saturated carbocycles. The van der Waals surface area contributed by atoms with Crippen LogP contribution in [-0.4, -0.2) is 55.9 Å². The van der Waals surface area contributed by atoms with Crippen molar-refractivity contribution in [2.24, 2.45) is 0 Å². The highest BCUT2D eigenvalue weighted by Crippen LogP contribution is 2.22. The summed E-state index contributed by atoms with van der Waals surface area (Å²) in [6, 6.07) is 6.84. The van der Waals surface area contributed by atoms with Crippen LogP contribution >= 0.6 is 0 Å². The molecule has 1 fully saturated rings. The Balaban J connectivity index is 1.98. The van der Waals surface area contributed by atoms with Gasteiger partial charge in [0, 0.05) is 12.6 Å². The van der Waals surface area contributed by atoms with Crippen molar-refractivity contribution in [2.75, 3.05) is 24.7 Å². The molecule has 1 aromatic carbocycles. The summed E-state index contributed by atoms with van der Waals surface area (Å²) >= 11 is 0. The number of hydrogen-bond acceptors (Lipinski definition) is 5. The molecule has 1 aliphatic rings. The number of benzene rings is 1. The van der Waals surface area contributed by atoms with E-state index >= 15 is 0 Å². The summed E-state index contributed by atoms with van der Waals surface area (Å²) in [7, 11) is -3.09. The molecule has 1 unspecified atom stereocenters. The highest BCUT2D eigenvalue weighted by Gasteiger charge is 2.34. The first kappa shape index (κ1) is 22.4.